The van der Waals surface area contributed by atoms with E-state index in [1.165, 1.54) is 0 Å². The van der Waals surface area contributed by atoms with Gasteiger partial charge in [-0.3, -0.25) is 0 Å². The molecule has 3 rings (SSSR count). The number of hydrogen-bond donors (Lipinski definition) is 2. The number of hydrogen-bond acceptors (Lipinski definition) is 7. The first-order chi connectivity index (χ1) is 13.9. The van der Waals surface area contributed by atoms with E-state index in [2.05, 4.69) is 4.99 Å². The second-order valence-electron chi connectivity index (χ2n) is 6.19. The van der Waals surface area contributed by atoms with Crippen molar-refractivity contribution >= 4 is 34.5 Å². The Morgan fingerprint density at radius 2 is 1.97 bits per heavy atom. The monoisotopic (exact) mass is 411 g/mol. The molecule has 7 heteroatoms. The molecule has 0 fully saturated rings. The lowest BCUT2D eigenvalue weighted by Gasteiger charge is -2.04. The molecule has 0 unspecified atom stereocenters. The van der Waals surface area contributed by atoms with E-state index < -0.39 is 5.97 Å². The molecule has 0 bridgehead atoms. The van der Waals surface area contributed by atoms with Gasteiger partial charge in [0, 0.05) is 11.6 Å². The van der Waals surface area contributed by atoms with Crippen molar-refractivity contribution in [3.63, 3.8) is 0 Å². The number of esters is 1. The van der Waals surface area contributed by atoms with Gasteiger partial charge in [-0.1, -0.05) is 36.0 Å². The molecule has 0 atom stereocenters. The van der Waals surface area contributed by atoms with E-state index in [4.69, 9.17) is 9.47 Å². The largest absolute Gasteiger partial charge is 0.507 e. The van der Waals surface area contributed by atoms with Gasteiger partial charge in [-0.05, 0) is 37.6 Å². The number of carbonyl (C=O) groups is 1. The van der Waals surface area contributed by atoms with Crippen molar-refractivity contribution in [3.8, 4) is 11.5 Å². The number of phenols is 1. The molecule has 2 aromatic carbocycles. The third-order valence-electron chi connectivity index (χ3n) is 4.21. The van der Waals surface area contributed by atoms with Crippen LogP contribution in [0.25, 0.3) is 6.08 Å². The lowest BCUT2D eigenvalue weighted by atomic mass is 10.1. The maximum absolute atomic E-state index is 12.5. The number of phenolic OH excluding ortho intramolecular Hbond substituents is 1. The summed E-state index contributed by atoms with van der Waals surface area (Å²) in [7, 11) is 1.56. The molecule has 0 amide bonds. The normalized spacial score (nSPS) is 16.5. The number of rotatable bonds is 5. The summed E-state index contributed by atoms with van der Waals surface area (Å²) in [6, 6.07) is 12.4. The minimum Gasteiger partial charge on any atom is -0.507 e. The van der Waals surface area contributed by atoms with Gasteiger partial charge in [-0.2, -0.15) is 0 Å². The van der Waals surface area contributed by atoms with Crippen LogP contribution in [0.2, 0.25) is 0 Å². The minimum absolute atomic E-state index is 0.00179. The predicted octanol–water partition coefficient (Wildman–Crippen LogP) is 4.90. The number of aliphatic imine (C=N–C) groups is 1. The van der Waals surface area contributed by atoms with Gasteiger partial charge in [-0.25, -0.2) is 9.79 Å². The van der Waals surface area contributed by atoms with Crippen LogP contribution in [0.15, 0.2) is 63.7 Å². The first-order valence-corrected chi connectivity index (χ1v) is 9.78. The molecule has 29 heavy (non-hydrogen) atoms. The van der Waals surface area contributed by atoms with Gasteiger partial charge < -0.3 is 19.7 Å². The third kappa shape index (κ3) is 4.46. The zero-order valence-electron chi connectivity index (χ0n) is 16.3. The number of thioether (sulfide) groups is 1. The molecule has 1 heterocycles. The van der Waals surface area contributed by atoms with Gasteiger partial charge in [0.1, 0.15) is 27.9 Å². The number of ether oxygens (including phenoxy) is 2. The zero-order chi connectivity index (χ0) is 21.0. The second kappa shape index (κ2) is 8.87. The summed E-state index contributed by atoms with van der Waals surface area (Å²) in [6.07, 6.45) is 1.62. The molecule has 0 radical (unpaired) electrons. The standard InChI is InChI=1S/C22H21NO5S/c1-4-28-22(26)18-20(25)17(11-14-8-5-7-13(2)19(14)24)29-21(18)23-15-9-6-10-16(12-15)27-3/h5-12,24-25H,4H2,1-3H3/b17-11+,23-21?. The van der Waals surface area contributed by atoms with E-state index in [9.17, 15) is 15.0 Å². The Morgan fingerprint density at radius 3 is 2.69 bits per heavy atom. The molecule has 1 aliphatic rings. The molecule has 0 aromatic heterocycles. The lowest BCUT2D eigenvalue weighted by Crippen LogP contribution is -2.12. The number of aromatic hydroxyl groups is 1. The number of carbonyl (C=O) groups excluding carboxylic acids is 1. The van der Waals surface area contributed by atoms with Crippen molar-refractivity contribution in [3.05, 3.63) is 69.8 Å². The summed E-state index contributed by atoms with van der Waals surface area (Å²) in [6.45, 7) is 3.65. The van der Waals surface area contributed by atoms with Gasteiger partial charge >= 0.3 is 5.97 Å². The summed E-state index contributed by atoms with van der Waals surface area (Å²) >= 11 is 1.13. The van der Waals surface area contributed by atoms with Crippen molar-refractivity contribution in [2.45, 2.75) is 13.8 Å². The zero-order valence-corrected chi connectivity index (χ0v) is 17.1. The van der Waals surface area contributed by atoms with Crippen LogP contribution in [0.3, 0.4) is 0 Å². The number of nitrogens with zero attached hydrogens (tertiary/aromatic N) is 1. The second-order valence-corrected chi connectivity index (χ2v) is 7.22. The lowest BCUT2D eigenvalue weighted by molar-refractivity contribution is -0.138. The van der Waals surface area contributed by atoms with Crippen LogP contribution in [0.4, 0.5) is 5.69 Å². The van der Waals surface area contributed by atoms with Crippen LogP contribution in [0.1, 0.15) is 18.1 Å². The Labute approximate surface area is 173 Å². The highest BCUT2D eigenvalue weighted by Gasteiger charge is 2.33. The van der Waals surface area contributed by atoms with Crippen molar-refractivity contribution in [1.29, 1.82) is 0 Å². The summed E-state index contributed by atoms with van der Waals surface area (Å²) in [5, 5.41) is 21.3. The topological polar surface area (TPSA) is 88.4 Å². The molecule has 6 nitrogen and oxygen atoms in total. The van der Waals surface area contributed by atoms with Gasteiger partial charge in [0.2, 0.25) is 0 Å². The highest BCUT2D eigenvalue weighted by molar-refractivity contribution is 8.18. The maximum atomic E-state index is 12.5. The Balaban J connectivity index is 2.07. The quantitative estimate of drug-likeness (QED) is 0.680. The average molecular weight is 411 g/mol. The van der Waals surface area contributed by atoms with Crippen molar-refractivity contribution in [1.82, 2.24) is 0 Å². The predicted molar refractivity (Wildman–Crippen MR) is 115 cm³/mol. The van der Waals surface area contributed by atoms with Gasteiger partial charge in [-0.15, -0.1) is 0 Å². The summed E-state index contributed by atoms with van der Waals surface area (Å²) in [5.41, 5.74) is 1.81. The van der Waals surface area contributed by atoms with E-state index >= 15 is 0 Å². The average Bonchev–Trinajstić information content (AvgIpc) is 3.00. The molecule has 2 N–H and O–H groups in total. The van der Waals surface area contributed by atoms with Crippen molar-refractivity contribution in [2.75, 3.05) is 13.7 Å². The fraction of sp³-hybridized carbons (Fsp3) is 0.182. The fourth-order valence-corrected chi connectivity index (χ4v) is 3.75. The van der Waals surface area contributed by atoms with Crippen LogP contribution < -0.4 is 4.74 Å². The minimum atomic E-state index is -0.656. The molecular weight excluding hydrogens is 390 g/mol. The molecule has 0 saturated carbocycles. The number of aliphatic hydroxyl groups is 1. The van der Waals surface area contributed by atoms with E-state index in [0.717, 1.165) is 11.8 Å². The SMILES string of the molecule is CCOC(=O)C1=C(O)/C(=C\c2cccc(C)c2O)SC1=Nc1cccc(OC)c1. The summed E-state index contributed by atoms with van der Waals surface area (Å²) < 4.78 is 10.3. The molecule has 1 aliphatic heterocycles. The Kier molecular flexibility index (Phi) is 6.29. The third-order valence-corrected chi connectivity index (χ3v) is 5.23. The molecule has 0 aliphatic carbocycles. The number of methoxy groups -OCH3 is 1. The first-order valence-electron chi connectivity index (χ1n) is 8.96. The van der Waals surface area contributed by atoms with Crippen LogP contribution in [-0.4, -0.2) is 34.9 Å². The number of aliphatic hydroxyl groups excluding tert-OH is 1. The number of aryl methyl sites for hydroxylation is 1. The molecule has 2 aromatic rings. The molecule has 0 spiro atoms. The van der Waals surface area contributed by atoms with Gasteiger partial charge in [0.05, 0.1) is 24.3 Å². The van der Waals surface area contributed by atoms with E-state index in [0.29, 0.717) is 32.5 Å². The van der Waals surface area contributed by atoms with E-state index in [1.54, 1.807) is 69.5 Å². The van der Waals surface area contributed by atoms with E-state index in [-0.39, 0.29) is 23.7 Å². The van der Waals surface area contributed by atoms with Gasteiger partial charge in [0.25, 0.3) is 0 Å². The summed E-state index contributed by atoms with van der Waals surface area (Å²) in [5.74, 6) is -0.141. The molecule has 0 saturated heterocycles. The van der Waals surface area contributed by atoms with Crippen LogP contribution in [0, 0.1) is 6.92 Å². The van der Waals surface area contributed by atoms with Gasteiger partial charge in [0.15, 0.2) is 0 Å². The smallest absolute Gasteiger partial charge is 0.344 e. The van der Waals surface area contributed by atoms with Crippen LogP contribution in [-0.2, 0) is 9.53 Å². The highest BCUT2D eigenvalue weighted by Crippen LogP contribution is 2.41. The van der Waals surface area contributed by atoms with E-state index in [1.807, 2.05) is 0 Å². The van der Waals surface area contributed by atoms with Crippen molar-refractivity contribution < 1.29 is 24.5 Å². The van der Waals surface area contributed by atoms with Crippen LogP contribution in [0.5, 0.6) is 11.5 Å². The number of benzene rings is 2. The Bertz CT molecular complexity index is 1040. The Hall–Kier alpha value is -3.19. The van der Waals surface area contributed by atoms with Crippen molar-refractivity contribution in [2.24, 2.45) is 4.99 Å². The first kappa shape index (κ1) is 20.5. The highest BCUT2D eigenvalue weighted by atomic mass is 32.2. The fourth-order valence-electron chi connectivity index (χ4n) is 2.73. The summed E-state index contributed by atoms with van der Waals surface area (Å²) in [4.78, 5) is 17.4. The maximum Gasteiger partial charge on any atom is 0.344 e. The van der Waals surface area contributed by atoms with Crippen LogP contribution >= 0.6 is 11.8 Å². The number of para-hydroxylation sites is 1. The molecule has 150 valence electrons. The molecular formula is C22H21NO5S. The Morgan fingerprint density at radius 1 is 1.21 bits per heavy atom.